The highest BCUT2D eigenvalue weighted by atomic mass is 16.4. The van der Waals surface area contributed by atoms with Gasteiger partial charge in [-0.1, -0.05) is 32.1 Å². The summed E-state index contributed by atoms with van der Waals surface area (Å²) < 4.78 is 5.25. The zero-order valence-electron chi connectivity index (χ0n) is 7.83. The fourth-order valence-corrected chi connectivity index (χ4v) is 2.09. The Balaban J connectivity index is 1.89. The van der Waals surface area contributed by atoms with Crippen molar-refractivity contribution in [3.8, 4) is 0 Å². The first-order chi connectivity index (χ1) is 6.34. The van der Waals surface area contributed by atoms with Crippen molar-refractivity contribution in [2.75, 3.05) is 5.73 Å². The highest BCUT2D eigenvalue weighted by molar-refractivity contribution is 5.11. The van der Waals surface area contributed by atoms with E-state index < -0.39 is 0 Å². The molecule has 1 saturated carbocycles. The lowest BCUT2D eigenvalue weighted by Gasteiger charge is -2.19. The molecule has 1 aromatic rings. The number of anilines is 1. The zero-order chi connectivity index (χ0) is 9.10. The molecule has 2 N–H and O–H groups in total. The number of hydrogen-bond donors (Lipinski definition) is 1. The average Bonchev–Trinajstić information content (AvgIpc) is 2.53. The van der Waals surface area contributed by atoms with Crippen LogP contribution in [0.5, 0.6) is 0 Å². The predicted octanol–water partition coefficient (Wildman–Crippen LogP) is 2.38. The maximum Gasteiger partial charge on any atom is 0.292 e. The minimum absolute atomic E-state index is 0.297. The number of nitrogen functional groups attached to an aromatic ring is 1. The topological polar surface area (TPSA) is 52.0 Å². The fraction of sp³-hybridized carbons (Fsp3) is 0.700. The maximum absolute atomic E-state index is 5.41. The summed E-state index contributed by atoms with van der Waals surface area (Å²) in [5.41, 5.74) is 5.41. The molecule has 1 heterocycles. The Morgan fingerprint density at radius 2 is 2.15 bits per heavy atom. The molecule has 0 amide bonds. The first kappa shape index (κ1) is 8.60. The Kier molecular flexibility index (Phi) is 2.52. The van der Waals surface area contributed by atoms with Crippen LogP contribution in [0.25, 0.3) is 0 Å². The van der Waals surface area contributed by atoms with Crippen molar-refractivity contribution in [3.63, 3.8) is 0 Å². The third-order valence-corrected chi connectivity index (χ3v) is 2.79. The Bertz CT molecular complexity index is 264. The van der Waals surface area contributed by atoms with Gasteiger partial charge in [0.25, 0.3) is 6.01 Å². The van der Waals surface area contributed by atoms with Crippen LogP contribution >= 0.6 is 0 Å². The normalized spacial score (nSPS) is 19.1. The van der Waals surface area contributed by atoms with E-state index in [0.29, 0.717) is 6.01 Å². The number of nitrogens with zero attached hydrogens (tertiary/aromatic N) is 1. The van der Waals surface area contributed by atoms with Gasteiger partial charge in [0, 0.05) is 6.42 Å². The quantitative estimate of drug-likeness (QED) is 0.760. The Morgan fingerprint density at radius 1 is 1.38 bits per heavy atom. The molecule has 0 atom stereocenters. The number of rotatable bonds is 2. The van der Waals surface area contributed by atoms with Gasteiger partial charge >= 0.3 is 0 Å². The van der Waals surface area contributed by atoms with Crippen LogP contribution in [0, 0.1) is 5.92 Å². The van der Waals surface area contributed by atoms with Gasteiger partial charge in [0.05, 0.1) is 6.20 Å². The average molecular weight is 180 g/mol. The first-order valence-electron chi connectivity index (χ1n) is 5.05. The summed E-state index contributed by atoms with van der Waals surface area (Å²) in [5, 5.41) is 0. The molecule has 3 nitrogen and oxygen atoms in total. The molecular formula is C10H16N2O. The third kappa shape index (κ3) is 2.23. The largest absolute Gasteiger partial charge is 0.429 e. The van der Waals surface area contributed by atoms with E-state index in [2.05, 4.69) is 4.98 Å². The van der Waals surface area contributed by atoms with Gasteiger partial charge in [-0.25, -0.2) is 4.98 Å². The van der Waals surface area contributed by atoms with E-state index >= 15 is 0 Å². The summed E-state index contributed by atoms with van der Waals surface area (Å²) in [7, 11) is 0. The fourth-order valence-electron chi connectivity index (χ4n) is 2.09. The molecule has 0 unspecified atom stereocenters. The Labute approximate surface area is 78.3 Å². The predicted molar refractivity (Wildman–Crippen MR) is 51.2 cm³/mol. The van der Waals surface area contributed by atoms with Crippen LogP contribution in [-0.4, -0.2) is 4.98 Å². The molecule has 0 spiro atoms. The van der Waals surface area contributed by atoms with Gasteiger partial charge in [-0.3, -0.25) is 0 Å². The van der Waals surface area contributed by atoms with Crippen LogP contribution in [0.1, 0.15) is 37.9 Å². The molecule has 72 valence electrons. The van der Waals surface area contributed by atoms with E-state index in [1.165, 1.54) is 32.1 Å². The minimum Gasteiger partial charge on any atom is -0.429 e. The van der Waals surface area contributed by atoms with Crippen molar-refractivity contribution in [3.05, 3.63) is 12.0 Å². The standard InChI is InChI=1S/C10H16N2O/c11-10-12-7-9(13-10)6-8-4-2-1-3-5-8/h7-8H,1-6H2,(H2,11,12). The van der Waals surface area contributed by atoms with Gasteiger partial charge in [0.1, 0.15) is 5.76 Å². The zero-order valence-corrected chi connectivity index (χ0v) is 7.83. The molecule has 2 rings (SSSR count). The SMILES string of the molecule is Nc1ncc(CC2CCCCC2)o1. The van der Waals surface area contributed by atoms with Gasteiger partial charge in [0.15, 0.2) is 0 Å². The molecule has 0 aromatic carbocycles. The number of hydrogen-bond acceptors (Lipinski definition) is 3. The van der Waals surface area contributed by atoms with E-state index in [9.17, 15) is 0 Å². The summed E-state index contributed by atoms with van der Waals surface area (Å²) in [6, 6.07) is 0.297. The van der Waals surface area contributed by atoms with Crippen molar-refractivity contribution in [1.29, 1.82) is 0 Å². The molecule has 1 aromatic heterocycles. The van der Waals surface area contributed by atoms with E-state index in [4.69, 9.17) is 10.2 Å². The molecule has 0 radical (unpaired) electrons. The van der Waals surface area contributed by atoms with Crippen molar-refractivity contribution in [1.82, 2.24) is 4.98 Å². The summed E-state index contributed by atoms with van der Waals surface area (Å²) in [6.07, 6.45) is 9.58. The van der Waals surface area contributed by atoms with Gasteiger partial charge < -0.3 is 10.2 Å². The van der Waals surface area contributed by atoms with Crippen molar-refractivity contribution in [2.45, 2.75) is 38.5 Å². The third-order valence-electron chi connectivity index (χ3n) is 2.79. The van der Waals surface area contributed by atoms with Crippen molar-refractivity contribution in [2.24, 2.45) is 5.92 Å². The number of aromatic nitrogens is 1. The van der Waals surface area contributed by atoms with Crippen molar-refractivity contribution >= 4 is 6.01 Å². The lowest BCUT2D eigenvalue weighted by Crippen LogP contribution is -2.08. The molecule has 1 aliphatic rings. The second-order valence-corrected chi connectivity index (χ2v) is 3.87. The van der Waals surface area contributed by atoms with Crippen LogP contribution in [-0.2, 0) is 6.42 Å². The minimum atomic E-state index is 0.297. The van der Waals surface area contributed by atoms with Crippen LogP contribution in [0.15, 0.2) is 10.6 Å². The molecule has 0 aliphatic heterocycles. The maximum atomic E-state index is 5.41. The smallest absolute Gasteiger partial charge is 0.292 e. The number of nitrogens with two attached hydrogens (primary N) is 1. The Morgan fingerprint density at radius 3 is 2.77 bits per heavy atom. The molecule has 13 heavy (non-hydrogen) atoms. The molecule has 0 saturated heterocycles. The van der Waals surface area contributed by atoms with Gasteiger partial charge in [0.2, 0.25) is 0 Å². The van der Waals surface area contributed by atoms with E-state index in [1.807, 2.05) is 0 Å². The van der Waals surface area contributed by atoms with Crippen LogP contribution in [0.4, 0.5) is 6.01 Å². The second kappa shape index (κ2) is 3.81. The van der Waals surface area contributed by atoms with Crippen molar-refractivity contribution < 1.29 is 4.42 Å². The van der Waals surface area contributed by atoms with Crippen LogP contribution < -0.4 is 5.73 Å². The summed E-state index contributed by atoms with van der Waals surface area (Å²) in [4.78, 5) is 3.89. The van der Waals surface area contributed by atoms with Gasteiger partial charge in [-0.15, -0.1) is 0 Å². The molecular weight excluding hydrogens is 164 g/mol. The second-order valence-electron chi connectivity index (χ2n) is 3.87. The highest BCUT2D eigenvalue weighted by Crippen LogP contribution is 2.27. The lowest BCUT2D eigenvalue weighted by atomic mass is 9.86. The van der Waals surface area contributed by atoms with Gasteiger partial charge in [-0.05, 0) is 5.92 Å². The Hall–Kier alpha value is -0.990. The molecule has 1 fully saturated rings. The monoisotopic (exact) mass is 180 g/mol. The lowest BCUT2D eigenvalue weighted by molar-refractivity contribution is 0.336. The summed E-state index contributed by atoms with van der Waals surface area (Å²) >= 11 is 0. The molecule has 0 bridgehead atoms. The van der Waals surface area contributed by atoms with Gasteiger partial charge in [-0.2, -0.15) is 0 Å². The van der Waals surface area contributed by atoms with E-state index in [-0.39, 0.29) is 0 Å². The highest BCUT2D eigenvalue weighted by Gasteiger charge is 2.15. The van der Waals surface area contributed by atoms with Crippen LogP contribution in [0.3, 0.4) is 0 Å². The first-order valence-corrected chi connectivity index (χ1v) is 5.05. The molecule has 1 aliphatic carbocycles. The summed E-state index contributed by atoms with van der Waals surface area (Å²) in [5.74, 6) is 1.74. The number of oxazole rings is 1. The van der Waals surface area contributed by atoms with E-state index in [1.54, 1.807) is 6.20 Å². The van der Waals surface area contributed by atoms with Crippen LogP contribution in [0.2, 0.25) is 0 Å². The van der Waals surface area contributed by atoms with E-state index in [0.717, 1.165) is 18.1 Å². The molecule has 3 heteroatoms. The summed E-state index contributed by atoms with van der Waals surface area (Å²) in [6.45, 7) is 0.